The molecular weight excluding hydrogens is 249 g/mol. The number of carbonyl (C=O) groups is 1. The largest absolute Gasteiger partial charge is 0.391 e. The fourth-order valence-corrected chi connectivity index (χ4v) is 1.36. The van der Waals surface area contributed by atoms with Crippen molar-refractivity contribution in [2.45, 2.75) is 18.6 Å². The Morgan fingerprint density at radius 3 is 2.44 bits per heavy atom. The number of carbonyl (C=O) groups excluding carboxylic acids is 1. The quantitative estimate of drug-likeness (QED) is 0.767. The molecule has 0 bridgehead atoms. The summed E-state index contributed by atoms with van der Waals surface area (Å²) in [6.07, 6.45) is -5.45. The minimum absolute atomic E-state index is 0.416. The molecule has 1 aromatic rings. The van der Waals surface area contributed by atoms with Crippen LogP contribution in [-0.4, -0.2) is 18.7 Å². The second-order valence-corrected chi connectivity index (χ2v) is 3.66. The second-order valence-electron chi connectivity index (χ2n) is 3.66. The Labute approximate surface area is 102 Å². The highest BCUT2D eigenvalue weighted by Crippen LogP contribution is 2.29. The van der Waals surface area contributed by atoms with Crippen molar-refractivity contribution in [3.63, 3.8) is 0 Å². The van der Waals surface area contributed by atoms with Gasteiger partial charge in [0, 0.05) is 0 Å². The lowest BCUT2D eigenvalue weighted by Crippen LogP contribution is -2.30. The molecule has 1 aromatic carbocycles. The number of amides is 1. The summed E-state index contributed by atoms with van der Waals surface area (Å²) in [6, 6.07) is 6.93. The second kappa shape index (κ2) is 6.36. The number of primary amides is 1. The van der Waals surface area contributed by atoms with Crippen LogP contribution in [0.15, 0.2) is 30.3 Å². The van der Waals surface area contributed by atoms with E-state index >= 15 is 0 Å². The van der Waals surface area contributed by atoms with Gasteiger partial charge in [0.25, 0.3) is 0 Å². The van der Waals surface area contributed by atoms with Crippen LogP contribution in [0.4, 0.5) is 13.2 Å². The summed E-state index contributed by atoms with van der Waals surface area (Å²) >= 11 is 0. The summed E-state index contributed by atoms with van der Waals surface area (Å²) in [4.78, 5) is 15.1. The first-order valence-corrected chi connectivity index (χ1v) is 5.16. The van der Waals surface area contributed by atoms with E-state index in [1.54, 1.807) is 18.2 Å². The topological polar surface area (TPSA) is 64.4 Å². The lowest BCUT2D eigenvalue weighted by molar-refractivity contribution is -0.151. The fourth-order valence-electron chi connectivity index (χ4n) is 1.36. The molecule has 0 aliphatic carbocycles. The van der Waals surface area contributed by atoms with Gasteiger partial charge >= 0.3 is 6.18 Å². The van der Waals surface area contributed by atoms with Crippen molar-refractivity contribution in [1.29, 1.82) is 0 Å². The van der Waals surface area contributed by atoms with Crippen LogP contribution in [0.1, 0.15) is 18.0 Å². The van der Waals surface area contributed by atoms with Crippen LogP contribution < -0.4 is 11.2 Å². The van der Waals surface area contributed by atoms with E-state index in [2.05, 4.69) is 10.3 Å². The summed E-state index contributed by atoms with van der Waals surface area (Å²) < 4.78 is 37.2. The third kappa shape index (κ3) is 5.65. The molecular formula is C11H13F3N2O2. The van der Waals surface area contributed by atoms with Crippen molar-refractivity contribution in [3.8, 4) is 0 Å². The summed E-state index contributed by atoms with van der Waals surface area (Å²) in [6.45, 7) is -0.485. The molecule has 18 heavy (non-hydrogen) atoms. The van der Waals surface area contributed by atoms with Crippen LogP contribution in [0, 0.1) is 0 Å². The predicted octanol–water partition coefficient (Wildman–Crippen LogP) is 1.69. The van der Waals surface area contributed by atoms with Crippen molar-refractivity contribution in [3.05, 3.63) is 35.9 Å². The fraction of sp³-hybridized carbons (Fsp3) is 0.364. The van der Waals surface area contributed by atoms with Gasteiger partial charge in [-0.3, -0.25) is 9.63 Å². The molecule has 1 amide bonds. The van der Waals surface area contributed by atoms with Crippen molar-refractivity contribution < 1.29 is 22.8 Å². The third-order valence-electron chi connectivity index (χ3n) is 2.08. The average molecular weight is 262 g/mol. The summed E-state index contributed by atoms with van der Waals surface area (Å²) in [5, 5.41) is 0. The highest BCUT2D eigenvalue weighted by molar-refractivity contribution is 5.74. The number of halogens is 3. The molecule has 0 saturated carbocycles. The number of hydrogen-bond acceptors (Lipinski definition) is 3. The van der Waals surface area contributed by atoms with E-state index in [1.165, 1.54) is 12.1 Å². The molecule has 4 nitrogen and oxygen atoms in total. The summed E-state index contributed by atoms with van der Waals surface area (Å²) in [5.74, 6) is -0.763. The molecule has 0 aliphatic rings. The molecule has 1 unspecified atom stereocenters. The Morgan fingerprint density at radius 1 is 1.33 bits per heavy atom. The van der Waals surface area contributed by atoms with E-state index in [1.807, 2.05) is 0 Å². The first kappa shape index (κ1) is 14.5. The third-order valence-corrected chi connectivity index (χ3v) is 2.08. The minimum Gasteiger partial charge on any atom is -0.368 e. The molecule has 0 fully saturated rings. The Bertz CT molecular complexity index is 382. The van der Waals surface area contributed by atoms with Gasteiger partial charge in [-0.15, -0.1) is 0 Å². The zero-order valence-corrected chi connectivity index (χ0v) is 9.41. The number of rotatable bonds is 6. The van der Waals surface area contributed by atoms with Crippen molar-refractivity contribution in [2.24, 2.45) is 5.73 Å². The SMILES string of the molecule is NC(=O)CONC(CC(F)(F)F)c1ccccc1. The van der Waals surface area contributed by atoms with Crippen LogP contribution in [0.3, 0.4) is 0 Å². The molecule has 100 valence electrons. The Kier molecular flexibility index (Phi) is 5.11. The van der Waals surface area contributed by atoms with Crippen LogP contribution >= 0.6 is 0 Å². The first-order chi connectivity index (χ1) is 8.38. The zero-order valence-electron chi connectivity index (χ0n) is 9.41. The van der Waals surface area contributed by atoms with E-state index in [9.17, 15) is 18.0 Å². The lowest BCUT2D eigenvalue weighted by Gasteiger charge is -2.19. The maximum Gasteiger partial charge on any atom is 0.391 e. The maximum absolute atomic E-state index is 12.4. The molecule has 1 rings (SSSR count). The predicted molar refractivity (Wildman–Crippen MR) is 58.1 cm³/mol. The van der Waals surface area contributed by atoms with E-state index < -0.39 is 31.2 Å². The van der Waals surface area contributed by atoms with Gasteiger partial charge in [-0.2, -0.15) is 18.7 Å². The Morgan fingerprint density at radius 2 is 1.94 bits per heavy atom. The van der Waals surface area contributed by atoms with Gasteiger partial charge in [-0.05, 0) is 5.56 Å². The summed E-state index contributed by atoms with van der Waals surface area (Å²) in [5.41, 5.74) is 7.44. The van der Waals surface area contributed by atoms with E-state index in [0.29, 0.717) is 5.56 Å². The van der Waals surface area contributed by atoms with Gasteiger partial charge in [-0.25, -0.2) is 0 Å². The van der Waals surface area contributed by atoms with Crippen LogP contribution in [0.2, 0.25) is 0 Å². The van der Waals surface area contributed by atoms with E-state index in [0.717, 1.165) is 0 Å². The van der Waals surface area contributed by atoms with Crippen LogP contribution in [0.25, 0.3) is 0 Å². The number of alkyl halides is 3. The Balaban J connectivity index is 2.67. The van der Waals surface area contributed by atoms with Crippen molar-refractivity contribution >= 4 is 5.91 Å². The van der Waals surface area contributed by atoms with Crippen LogP contribution in [0.5, 0.6) is 0 Å². The number of hydrogen-bond donors (Lipinski definition) is 2. The van der Waals surface area contributed by atoms with E-state index in [-0.39, 0.29) is 0 Å². The van der Waals surface area contributed by atoms with Crippen molar-refractivity contribution in [2.75, 3.05) is 6.61 Å². The Hall–Kier alpha value is -1.60. The number of nitrogens with two attached hydrogens (primary N) is 1. The smallest absolute Gasteiger partial charge is 0.368 e. The van der Waals surface area contributed by atoms with Gasteiger partial charge in [0.15, 0.2) is 0 Å². The molecule has 0 radical (unpaired) electrons. The summed E-state index contributed by atoms with van der Waals surface area (Å²) in [7, 11) is 0. The standard InChI is InChI=1S/C11H13F3N2O2/c12-11(13,14)6-9(16-18-7-10(15)17)8-4-2-1-3-5-8/h1-5,9,16H,6-7H2,(H2,15,17). The lowest BCUT2D eigenvalue weighted by atomic mass is 10.0. The molecule has 1 atom stereocenters. The normalized spacial score (nSPS) is 13.3. The van der Waals surface area contributed by atoms with Crippen molar-refractivity contribution in [1.82, 2.24) is 5.48 Å². The molecule has 0 aromatic heterocycles. The highest BCUT2D eigenvalue weighted by atomic mass is 19.4. The number of hydroxylamine groups is 1. The van der Waals surface area contributed by atoms with Gasteiger partial charge in [0.1, 0.15) is 6.61 Å². The average Bonchev–Trinajstić information content (AvgIpc) is 2.27. The maximum atomic E-state index is 12.4. The molecule has 0 aliphatic heterocycles. The van der Waals surface area contributed by atoms with Gasteiger partial charge in [-0.1, -0.05) is 30.3 Å². The monoisotopic (exact) mass is 262 g/mol. The molecule has 0 saturated heterocycles. The van der Waals surface area contributed by atoms with Gasteiger partial charge < -0.3 is 5.73 Å². The van der Waals surface area contributed by atoms with E-state index in [4.69, 9.17) is 5.73 Å². The number of benzene rings is 1. The highest BCUT2D eigenvalue weighted by Gasteiger charge is 2.32. The molecule has 0 heterocycles. The van der Waals surface area contributed by atoms with Crippen LogP contribution in [-0.2, 0) is 9.63 Å². The van der Waals surface area contributed by atoms with Gasteiger partial charge in [0.2, 0.25) is 5.91 Å². The molecule has 3 N–H and O–H groups in total. The number of nitrogens with one attached hydrogen (secondary N) is 1. The molecule has 0 spiro atoms. The molecule has 7 heteroatoms. The zero-order chi connectivity index (χ0) is 13.6. The van der Waals surface area contributed by atoms with Gasteiger partial charge in [0.05, 0.1) is 12.5 Å². The minimum atomic E-state index is -4.34. The first-order valence-electron chi connectivity index (χ1n) is 5.16.